The average Bonchev–Trinajstić information content (AvgIpc) is 2.38. The Kier molecular flexibility index (Phi) is 5.99. The summed E-state index contributed by atoms with van der Waals surface area (Å²) < 4.78 is 4.83. The fraction of sp³-hybridized carbons (Fsp3) is 0.429. The van der Waals surface area contributed by atoms with Crippen LogP contribution in [0.25, 0.3) is 0 Å². The smallest absolute Gasteiger partial charge is 0.254 e. The van der Waals surface area contributed by atoms with E-state index in [9.17, 15) is 9.59 Å². The summed E-state index contributed by atoms with van der Waals surface area (Å²) in [5.41, 5.74) is 7.54. The molecule has 1 aromatic carbocycles. The number of anilines is 1. The zero-order chi connectivity index (χ0) is 15.1. The molecule has 20 heavy (non-hydrogen) atoms. The van der Waals surface area contributed by atoms with E-state index in [2.05, 4.69) is 10.6 Å². The van der Waals surface area contributed by atoms with Gasteiger partial charge in [0.25, 0.3) is 5.91 Å². The van der Waals surface area contributed by atoms with E-state index in [0.29, 0.717) is 24.4 Å². The van der Waals surface area contributed by atoms with Gasteiger partial charge in [0, 0.05) is 19.3 Å². The van der Waals surface area contributed by atoms with Gasteiger partial charge in [-0.3, -0.25) is 9.59 Å². The van der Waals surface area contributed by atoms with Crippen LogP contribution in [-0.4, -0.2) is 38.1 Å². The number of hydrogen-bond donors (Lipinski definition) is 3. The summed E-state index contributed by atoms with van der Waals surface area (Å²) in [5.74, 6) is -0.627. The summed E-state index contributed by atoms with van der Waals surface area (Å²) in [4.78, 5) is 23.7. The molecule has 0 aliphatic rings. The van der Waals surface area contributed by atoms with E-state index in [4.69, 9.17) is 10.5 Å². The van der Waals surface area contributed by atoms with Crippen molar-refractivity contribution in [1.29, 1.82) is 0 Å². The van der Waals surface area contributed by atoms with E-state index in [1.165, 1.54) is 0 Å². The molecule has 0 saturated carbocycles. The van der Waals surface area contributed by atoms with E-state index in [0.717, 1.165) is 5.56 Å². The molecule has 6 heteroatoms. The number of carbonyl (C=O) groups excluding carboxylic acids is 2. The number of nitrogen functional groups attached to an aromatic ring is 1. The summed E-state index contributed by atoms with van der Waals surface area (Å²) in [5, 5.41) is 5.27. The summed E-state index contributed by atoms with van der Waals surface area (Å²) in [6, 6.07) is 4.53. The Labute approximate surface area is 118 Å². The number of carbonyl (C=O) groups is 2. The molecule has 0 aliphatic carbocycles. The van der Waals surface area contributed by atoms with Crippen molar-refractivity contribution in [3.8, 4) is 0 Å². The van der Waals surface area contributed by atoms with Gasteiger partial charge in [-0.05, 0) is 31.5 Å². The molecular weight excluding hydrogens is 258 g/mol. The molecule has 0 aliphatic heterocycles. The van der Waals surface area contributed by atoms with Gasteiger partial charge < -0.3 is 21.1 Å². The van der Waals surface area contributed by atoms with Gasteiger partial charge in [-0.25, -0.2) is 0 Å². The summed E-state index contributed by atoms with van der Waals surface area (Å²) in [6.07, 6.45) is 0. The lowest BCUT2D eigenvalue weighted by Gasteiger charge is -2.15. The lowest BCUT2D eigenvalue weighted by Crippen LogP contribution is -2.45. The van der Waals surface area contributed by atoms with Crippen molar-refractivity contribution in [3.05, 3.63) is 29.3 Å². The van der Waals surface area contributed by atoms with Crippen LogP contribution in [0.5, 0.6) is 0 Å². The lowest BCUT2D eigenvalue weighted by molar-refractivity contribution is -0.122. The normalized spacial score (nSPS) is 11.8. The minimum Gasteiger partial charge on any atom is -0.398 e. The highest BCUT2D eigenvalue weighted by Gasteiger charge is 2.17. The number of rotatable bonds is 6. The quantitative estimate of drug-likeness (QED) is 0.521. The van der Waals surface area contributed by atoms with E-state index >= 15 is 0 Å². The van der Waals surface area contributed by atoms with Crippen molar-refractivity contribution < 1.29 is 14.3 Å². The molecule has 1 rings (SSSR count). The van der Waals surface area contributed by atoms with E-state index < -0.39 is 6.04 Å². The van der Waals surface area contributed by atoms with Crippen molar-refractivity contribution in [3.63, 3.8) is 0 Å². The number of methoxy groups -OCH3 is 1. The fourth-order valence-corrected chi connectivity index (χ4v) is 1.66. The van der Waals surface area contributed by atoms with Gasteiger partial charge in [-0.1, -0.05) is 6.07 Å². The van der Waals surface area contributed by atoms with E-state index in [-0.39, 0.29) is 11.8 Å². The molecule has 1 unspecified atom stereocenters. The Morgan fingerprint density at radius 1 is 1.40 bits per heavy atom. The standard InChI is InChI=1S/C14H21N3O3/c1-9-4-5-11(12(15)8-9)14(19)17-10(2)13(18)16-6-7-20-3/h4-5,8,10H,6-7,15H2,1-3H3,(H,16,18)(H,17,19). The van der Waals surface area contributed by atoms with Crippen LogP contribution in [0, 0.1) is 6.92 Å². The van der Waals surface area contributed by atoms with Crippen LogP contribution < -0.4 is 16.4 Å². The average molecular weight is 279 g/mol. The van der Waals surface area contributed by atoms with Gasteiger partial charge in [-0.2, -0.15) is 0 Å². The Bertz CT molecular complexity index is 489. The van der Waals surface area contributed by atoms with Crippen LogP contribution in [0.1, 0.15) is 22.8 Å². The molecule has 0 radical (unpaired) electrons. The number of aryl methyl sites for hydroxylation is 1. The molecule has 1 atom stereocenters. The third-order valence-corrected chi connectivity index (χ3v) is 2.80. The second-order valence-electron chi connectivity index (χ2n) is 4.57. The molecule has 6 nitrogen and oxygen atoms in total. The second-order valence-corrected chi connectivity index (χ2v) is 4.57. The van der Waals surface area contributed by atoms with Crippen LogP contribution in [0.2, 0.25) is 0 Å². The van der Waals surface area contributed by atoms with Crippen molar-refractivity contribution in [2.24, 2.45) is 0 Å². The first-order valence-corrected chi connectivity index (χ1v) is 6.39. The summed E-state index contributed by atoms with van der Waals surface area (Å²) in [6.45, 7) is 4.34. The Morgan fingerprint density at radius 3 is 2.70 bits per heavy atom. The summed E-state index contributed by atoms with van der Waals surface area (Å²) in [7, 11) is 1.55. The number of ether oxygens (including phenoxy) is 1. The number of nitrogens with two attached hydrogens (primary N) is 1. The largest absolute Gasteiger partial charge is 0.398 e. The van der Waals surface area contributed by atoms with Gasteiger partial charge in [0.15, 0.2) is 0 Å². The van der Waals surface area contributed by atoms with Crippen molar-refractivity contribution in [2.75, 3.05) is 26.0 Å². The van der Waals surface area contributed by atoms with Gasteiger partial charge in [0.2, 0.25) is 5.91 Å². The molecule has 0 spiro atoms. The van der Waals surface area contributed by atoms with Crippen LogP contribution in [0.15, 0.2) is 18.2 Å². The van der Waals surface area contributed by atoms with Gasteiger partial charge in [-0.15, -0.1) is 0 Å². The number of nitrogens with one attached hydrogen (secondary N) is 2. The van der Waals surface area contributed by atoms with Gasteiger partial charge in [0.1, 0.15) is 6.04 Å². The van der Waals surface area contributed by atoms with Crippen molar-refractivity contribution in [2.45, 2.75) is 19.9 Å². The highest BCUT2D eigenvalue weighted by atomic mass is 16.5. The number of benzene rings is 1. The minimum absolute atomic E-state index is 0.263. The zero-order valence-corrected chi connectivity index (χ0v) is 12.0. The maximum atomic E-state index is 12.0. The van der Waals surface area contributed by atoms with Crippen LogP contribution in [0.3, 0.4) is 0 Å². The third kappa shape index (κ3) is 4.55. The third-order valence-electron chi connectivity index (χ3n) is 2.80. The van der Waals surface area contributed by atoms with Crippen molar-refractivity contribution in [1.82, 2.24) is 10.6 Å². The van der Waals surface area contributed by atoms with Crippen LogP contribution >= 0.6 is 0 Å². The van der Waals surface area contributed by atoms with E-state index in [1.54, 1.807) is 32.2 Å². The maximum Gasteiger partial charge on any atom is 0.254 e. The topological polar surface area (TPSA) is 93.5 Å². The molecule has 4 N–H and O–H groups in total. The predicted octanol–water partition coefficient (Wildman–Crippen LogP) is 0.458. The minimum atomic E-state index is -0.639. The SMILES string of the molecule is COCCNC(=O)C(C)NC(=O)c1ccc(C)cc1N. The molecule has 110 valence electrons. The first kappa shape index (κ1) is 16.0. The molecule has 0 fully saturated rings. The monoisotopic (exact) mass is 279 g/mol. The molecule has 0 saturated heterocycles. The maximum absolute atomic E-state index is 12.0. The second kappa shape index (κ2) is 7.49. The zero-order valence-electron chi connectivity index (χ0n) is 12.0. The Balaban J connectivity index is 2.58. The van der Waals surface area contributed by atoms with E-state index in [1.807, 2.05) is 6.92 Å². The van der Waals surface area contributed by atoms with Gasteiger partial charge >= 0.3 is 0 Å². The molecule has 0 bridgehead atoms. The van der Waals surface area contributed by atoms with Crippen LogP contribution in [-0.2, 0) is 9.53 Å². The van der Waals surface area contributed by atoms with Crippen molar-refractivity contribution >= 4 is 17.5 Å². The van der Waals surface area contributed by atoms with Gasteiger partial charge in [0.05, 0.1) is 12.2 Å². The highest BCUT2D eigenvalue weighted by molar-refractivity contribution is 6.01. The Hall–Kier alpha value is -2.08. The fourth-order valence-electron chi connectivity index (χ4n) is 1.66. The molecule has 2 amide bonds. The first-order valence-electron chi connectivity index (χ1n) is 6.39. The van der Waals surface area contributed by atoms with Crippen LogP contribution in [0.4, 0.5) is 5.69 Å². The predicted molar refractivity (Wildman–Crippen MR) is 77.4 cm³/mol. The summed E-state index contributed by atoms with van der Waals surface area (Å²) >= 11 is 0. The molecule has 0 heterocycles. The number of amides is 2. The first-order chi connectivity index (χ1) is 9.45. The highest BCUT2D eigenvalue weighted by Crippen LogP contribution is 2.13. The molecule has 1 aromatic rings. The Morgan fingerprint density at radius 2 is 2.10 bits per heavy atom. The lowest BCUT2D eigenvalue weighted by atomic mass is 10.1. The number of hydrogen-bond acceptors (Lipinski definition) is 4. The molecular formula is C14H21N3O3. The molecule has 0 aromatic heterocycles.